The summed E-state index contributed by atoms with van der Waals surface area (Å²) in [6.07, 6.45) is 15.4. The van der Waals surface area contributed by atoms with Crippen LogP contribution in [0.25, 0.3) is 0 Å². The molecule has 0 aromatic rings. The van der Waals surface area contributed by atoms with Crippen LogP contribution < -0.4 is 0 Å². The van der Waals surface area contributed by atoms with Gasteiger partial charge in [-0.15, -0.1) is 0 Å². The molecular weight excluding hydrogens is 256 g/mol. The van der Waals surface area contributed by atoms with Crippen LogP contribution in [0.4, 0.5) is 0 Å². The van der Waals surface area contributed by atoms with Crippen LogP contribution in [-0.2, 0) is 9.59 Å². The maximum absolute atomic E-state index is 10.3. The van der Waals surface area contributed by atoms with Crippen molar-refractivity contribution in [2.45, 2.75) is 78.1 Å². The molecule has 4 nitrogen and oxygen atoms in total. The summed E-state index contributed by atoms with van der Waals surface area (Å²) in [4.78, 5) is 19.3. The monoisotopic (exact) mass is 286 g/mol. The van der Waals surface area contributed by atoms with Gasteiger partial charge in [0, 0.05) is 13.3 Å². The molecule has 4 heteroatoms. The second kappa shape index (κ2) is 17.7. The molecule has 0 radical (unpaired) electrons. The first kappa shape index (κ1) is 21.0. The Morgan fingerprint density at radius 1 is 0.850 bits per heavy atom. The predicted octanol–water partition coefficient (Wildman–Crippen LogP) is 4.64. The van der Waals surface area contributed by atoms with Crippen molar-refractivity contribution in [3.63, 3.8) is 0 Å². The Morgan fingerprint density at radius 3 is 1.80 bits per heavy atom. The van der Waals surface area contributed by atoms with Crippen molar-refractivity contribution in [2.24, 2.45) is 0 Å². The summed E-state index contributed by atoms with van der Waals surface area (Å²) in [6, 6.07) is 0. The van der Waals surface area contributed by atoms with Crippen LogP contribution in [0, 0.1) is 0 Å². The molecule has 0 aliphatic heterocycles. The van der Waals surface area contributed by atoms with Gasteiger partial charge in [-0.2, -0.15) is 0 Å². The van der Waals surface area contributed by atoms with Crippen LogP contribution >= 0.6 is 0 Å². The normalized spacial score (nSPS) is 10.1. The second-order valence-electron chi connectivity index (χ2n) is 4.83. The van der Waals surface area contributed by atoms with Gasteiger partial charge in [-0.3, -0.25) is 9.59 Å². The zero-order valence-corrected chi connectivity index (χ0v) is 12.9. The number of carbonyl (C=O) groups is 2. The molecule has 0 aromatic carbocycles. The molecule has 0 aliphatic carbocycles. The van der Waals surface area contributed by atoms with Crippen LogP contribution in [-0.4, -0.2) is 22.2 Å². The fourth-order valence-electron chi connectivity index (χ4n) is 1.65. The molecule has 0 heterocycles. The smallest absolute Gasteiger partial charge is 0.303 e. The summed E-state index contributed by atoms with van der Waals surface area (Å²) in [5.74, 6) is -1.50. The predicted molar refractivity (Wildman–Crippen MR) is 81.9 cm³/mol. The Hall–Kier alpha value is -1.32. The summed E-state index contributed by atoms with van der Waals surface area (Å²) in [5.41, 5.74) is 0. The molecule has 0 atom stereocenters. The standard InChI is InChI=1S/C14H26O2.C2H4O2/c1-2-3-4-5-6-7-8-9-10-11-12-13-14(15)16;1-2(3)4/h4-5H,2-3,6-13H2,1H3,(H,15,16);1H3,(H,3,4)/b5-4-;. The maximum atomic E-state index is 10.3. The Balaban J connectivity index is 0. The summed E-state index contributed by atoms with van der Waals surface area (Å²) in [5, 5.41) is 15.9. The lowest BCUT2D eigenvalue weighted by molar-refractivity contribution is -0.137. The van der Waals surface area contributed by atoms with E-state index >= 15 is 0 Å². The Morgan fingerprint density at radius 2 is 1.30 bits per heavy atom. The van der Waals surface area contributed by atoms with Crippen molar-refractivity contribution in [3.05, 3.63) is 12.2 Å². The molecule has 118 valence electrons. The van der Waals surface area contributed by atoms with E-state index < -0.39 is 11.9 Å². The lowest BCUT2D eigenvalue weighted by Gasteiger charge is -1.99. The van der Waals surface area contributed by atoms with Crippen molar-refractivity contribution in [1.82, 2.24) is 0 Å². The highest BCUT2D eigenvalue weighted by atomic mass is 16.4. The number of carboxylic acid groups (broad SMARTS) is 2. The van der Waals surface area contributed by atoms with Gasteiger partial charge in [0.05, 0.1) is 0 Å². The minimum absolute atomic E-state index is 0.333. The molecule has 0 bridgehead atoms. The average molecular weight is 286 g/mol. The molecule has 0 amide bonds. The van der Waals surface area contributed by atoms with Gasteiger partial charge in [-0.05, 0) is 25.7 Å². The molecule has 0 spiro atoms. The number of hydrogen-bond donors (Lipinski definition) is 2. The van der Waals surface area contributed by atoms with Gasteiger partial charge >= 0.3 is 5.97 Å². The number of unbranched alkanes of at least 4 members (excludes halogenated alkanes) is 7. The van der Waals surface area contributed by atoms with Crippen molar-refractivity contribution in [1.29, 1.82) is 0 Å². The molecule has 0 aliphatic rings. The summed E-state index contributed by atoms with van der Waals surface area (Å²) in [7, 11) is 0. The Kier molecular flexibility index (Phi) is 18.6. The van der Waals surface area contributed by atoms with Gasteiger partial charge < -0.3 is 10.2 Å². The Bertz CT molecular complexity index is 255. The lowest BCUT2D eigenvalue weighted by Crippen LogP contribution is -1.93. The maximum Gasteiger partial charge on any atom is 0.303 e. The average Bonchev–Trinajstić information content (AvgIpc) is 2.35. The third-order valence-electron chi connectivity index (χ3n) is 2.63. The van der Waals surface area contributed by atoms with E-state index in [1.807, 2.05) is 0 Å². The van der Waals surface area contributed by atoms with E-state index in [9.17, 15) is 4.79 Å². The van der Waals surface area contributed by atoms with Crippen molar-refractivity contribution in [3.8, 4) is 0 Å². The number of hydrogen-bond acceptors (Lipinski definition) is 2. The SMILES string of the molecule is CC(=O)O.CCC/C=C\CCCCCCCCC(=O)O. The number of allylic oxidation sites excluding steroid dienone is 2. The highest BCUT2D eigenvalue weighted by Crippen LogP contribution is 2.09. The van der Waals surface area contributed by atoms with Gasteiger partial charge in [0.25, 0.3) is 5.97 Å². The van der Waals surface area contributed by atoms with Gasteiger partial charge in [0.15, 0.2) is 0 Å². The first-order valence-corrected chi connectivity index (χ1v) is 7.57. The largest absolute Gasteiger partial charge is 0.481 e. The minimum atomic E-state index is -0.833. The first-order valence-electron chi connectivity index (χ1n) is 7.57. The van der Waals surface area contributed by atoms with Crippen molar-refractivity contribution < 1.29 is 19.8 Å². The molecule has 0 unspecified atom stereocenters. The summed E-state index contributed by atoms with van der Waals surface area (Å²) in [6.45, 7) is 3.28. The van der Waals surface area contributed by atoms with E-state index in [0.717, 1.165) is 19.8 Å². The molecule has 0 aromatic heterocycles. The third-order valence-corrected chi connectivity index (χ3v) is 2.63. The van der Waals surface area contributed by atoms with E-state index in [-0.39, 0.29) is 0 Å². The van der Waals surface area contributed by atoms with Gasteiger partial charge in [-0.1, -0.05) is 51.2 Å². The van der Waals surface area contributed by atoms with E-state index in [0.29, 0.717) is 6.42 Å². The van der Waals surface area contributed by atoms with Crippen molar-refractivity contribution >= 4 is 11.9 Å². The van der Waals surface area contributed by atoms with E-state index in [1.54, 1.807) is 0 Å². The van der Waals surface area contributed by atoms with E-state index in [1.165, 1.54) is 44.9 Å². The zero-order valence-electron chi connectivity index (χ0n) is 12.9. The number of carboxylic acids is 2. The molecule has 20 heavy (non-hydrogen) atoms. The Labute approximate surface area is 122 Å². The minimum Gasteiger partial charge on any atom is -0.481 e. The highest BCUT2D eigenvalue weighted by molar-refractivity contribution is 5.66. The fraction of sp³-hybridized carbons (Fsp3) is 0.750. The van der Waals surface area contributed by atoms with Crippen LogP contribution in [0.15, 0.2) is 12.2 Å². The molecule has 2 N–H and O–H groups in total. The van der Waals surface area contributed by atoms with Gasteiger partial charge in [-0.25, -0.2) is 0 Å². The molecular formula is C16H30O4. The molecule has 0 saturated heterocycles. The van der Waals surface area contributed by atoms with Gasteiger partial charge in [0.1, 0.15) is 0 Å². The molecule has 0 fully saturated rings. The van der Waals surface area contributed by atoms with Crippen LogP contribution in [0.1, 0.15) is 78.1 Å². The second-order valence-corrected chi connectivity index (χ2v) is 4.83. The summed E-state index contributed by atoms with van der Waals surface area (Å²) >= 11 is 0. The third kappa shape index (κ3) is 30.1. The van der Waals surface area contributed by atoms with Crippen LogP contribution in [0.2, 0.25) is 0 Å². The molecule has 0 saturated carbocycles. The van der Waals surface area contributed by atoms with Crippen LogP contribution in [0.5, 0.6) is 0 Å². The van der Waals surface area contributed by atoms with Crippen LogP contribution in [0.3, 0.4) is 0 Å². The number of aliphatic carboxylic acids is 2. The highest BCUT2D eigenvalue weighted by Gasteiger charge is 1.95. The molecule has 0 rings (SSSR count). The quantitative estimate of drug-likeness (QED) is 0.428. The first-order chi connectivity index (χ1) is 9.50. The van der Waals surface area contributed by atoms with Crippen molar-refractivity contribution in [2.75, 3.05) is 0 Å². The number of rotatable bonds is 11. The topological polar surface area (TPSA) is 74.6 Å². The van der Waals surface area contributed by atoms with Gasteiger partial charge in [0.2, 0.25) is 0 Å². The lowest BCUT2D eigenvalue weighted by atomic mass is 10.1. The summed E-state index contributed by atoms with van der Waals surface area (Å²) < 4.78 is 0. The van der Waals surface area contributed by atoms with E-state index in [2.05, 4.69) is 19.1 Å². The zero-order chi connectivity index (χ0) is 15.6. The fourth-order valence-corrected chi connectivity index (χ4v) is 1.65. The van der Waals surface area contributed by atoms with E-state index in [4.69, 9.17) is 15.0 Å².